The molecule has 0 aromatic carbocycles. The van der Waals surface area contributed by atoms with E-state index in [4.69, 9.17) is 10.8 Å². The zero-order chi connectivity index (χ0) is 6.62. The van der Waals surface area contributed by atoms with Crippen molar-refractivity contribution in [3.8, 4) is 0 Å². The summed E-state index contributed by atoms with van der Waals surface area (Å²) in [5, 5.41) is 8.97. The van der Waals surface area contributed by atoms with Gasteiger partial charge in [-0.25, -0.2) is 0 Å². The van der Waals surface area contributed by atoms with Gasteiger partial charge >= 0.3 is 0 Å². The molecule has 48 valence electrons. The minimum atomic E-state index is -0.998. The number of aldehydes is 1. The molecule has 0 saturated heterocycles. The summed E-state index contributed by atoms with van der Waals surface area (Å²) in [6.45, 7) is 1.66. The summed E-state index contributed by atoms with van der Waals surface area (Å²) in [5.74, 6) is 0. The molecule has 1 atom stereocenters. The van der Waals surface area contributed by atoms with Crippen LogP contribution in [0.1, 0.15) is 13.3 Å². The third kappa shape index (κ3) is 2.71. The maximum absolute atomic E-state index is 9.76. The van der Waals surface area contributed by atoms with Crippen LogP contribution in [0.3, 0.4) is 0 Å². The quantitative estimate of drug-likeness (QED) is 0.480. The van der Waals surface area contributed by atoms with E-state index in [0.29, 0.717) is 6.29 Å². The molecule has 0 heterocycles. The Hall–Kier alpha value is -0.410. The first-order valence-electron chi connectivity index (χ1n) is 2.48. The van der Waals surface area contributed by atoms with Crippen LogP contribution in [0.25, 0.3) is 0 Å². The molecule has 0 aliphatic heterocycles. The van der Waals surface area contributed by atoms with Crippen molar-refractivity contribution in [1.29, 1.82) is 0 Å². The second kappa shape index (κ2) is 2.79. The van der Waals surface area contributed by atoms with Crippen molar-refractivity contribution < 1.29 is 9.90 Å². The van der Waals surface area contributed by atoms with Crippen LogP contribution in [0, 0.1) is 0 Å². The Morgan fingerprint density at radius 2 is 2.38 bits per heavy atom. The van der Waals surface area contributed by atoms with Gasteiger partial charge in [-0.15, -0.1) is 0 Å². The average molecular weight is 117 g/mol. The van der Waals surface area contributed by atoms with E-state index in [0.717, 1.165) is 0 Å². The number of hydrogen-bond donors (Lipinski definition) is 2. The lowest BCUT2D eigenvalue weighted by atomic mass is 10.1. The second-order valence-corrected chi connectivity index (χ2v) is 2.07. The van der Waals surface area contributed by atoms with Gasteiger partial charge in [-0.2, -0.15) is 0 Å². The Labute approximate surface area is 48.5 Å². The highest BCUT2D eigenvalue weighted by atomic mass is 16.3. The summed E-state index contributed by atoms with van der Waals surface area (Å²) in [4.78, 5) is 9.76. The Bertz CT molecular complexity index is 80.5. The molecule has 0 bridgehead atoms. The largest absolute Gasteiger partial charge is 0.388 e. The predicted octanol–water partition coefficient (Wildman–Crippen LogP) is -0.715. The van der Waals surface area contributed by atoms with Crippen molar-refractivity contribution in [3.05, 3.63) is 0 Å². The van der Waals surface area contributed by atoms with Crippen LogP contribution in [-0.4, -0.2) is 23.5 Å². The third-order valence-electron chi connectivity index (χ3n) is 0.963. The Morgan fingerprint density at radius 1 is 1.88 bits per heavy atom. The minimum Gasteiger partial charge on any atom is -0.388 e. The fourth-order valence-electron chi connectivity index (χ4n) is 0.263. The molecule has 0 aromatic rings. The van der Waals surface area contributed by atoms with Crippen molar-refractivity contribution in [3.63, 3.8) is 0 Å². The summed E-state index contributed by atoms with van der Waals surface area (Å²) in [5.41, 5.74) is 4.09. The van der Waals surface area contributed by atoms with E-state index in [1.54, 1.807) is 0 Å². The third-order valence-corrected chi connectivity index (χ3v) is 0.963. The van der Waals surface area contributed by atoms with Crippen LogP contribution in [-0.2, 0) is 4.79 Å². The lowest BCUT2D eigenvalue weighted by molar-refractivity contribution is -0.111. The van der Waals surface area contributed by atoms with E-state index >= 15 is 0 Å². The Morgan fingerprint density at radius 3 is 2.50 bits per heavy atom. The molecule has 8 heavy (non-hydrogen) atoms. The number of aliphatic hydroxyl groups is 1. The van der Waals surface area contributed by atoms with Gasteiger partial charge in [0.2, 0.25) is 0 Å². The lowest BCUT2D eigenvalue weighted by Gasteiger charge is -2.16. The van der Waals surface area contributed by atoms with Crippen molar-refractivity contribution in [1.82, 2.24) is 0 Å². The highest BCUT2D eigenvalue weighted by molar-refractivity contribution is 5.51. The van der Waals surface area contributed by atoms with Gasteiger partial charge < -0.3 is 15.6 Å². The maximum atomic E-state index is 9.76. The smallest absolute Gasteiger partial charge is 0.122 e. The molecule has 0 amide bonds. The Balaban J connectivity index is 3.53. The van der Waals surface area contributed by atoms with Crippen LogP contribution in [0.5, 0.6) is 0 Å². The lowest BCUT2D eigenvalue weighted by Crippen LogP contribution is -2.34. The summed E-state index contributed by atoms with van der Waals surface area (Å²) < 4.78 is 0. The zero-order valence-corrected chi connectivity index (χ0v) is 4.92. The summed E-state index contributed by atoms with van der Waals surface area (Å²) >= 11 is 0. The van der Waals surface area contributed by atoms with Crippen LogP contribution in [0.2, 0.25) is 0 Å². The molecule has 0 aliphatic rings. The van der Waals surface area contributed by atoms with Crippen molar-refractivity contribution >= 4 is 6.29 Å². The number of carbonyl (C=O) groups is 1. The van der Waals surface area contributed by atoms with Crippen molar-refractivity contribution in [2.45, 2.75) is 18.9 Å². The summed E-state index contributed by atoms with van der Waals surface area (Å²) in [6.07, 6.45) is 0.774. The molecular formula is C5H11NO2. The van der Waals surface area contributed by atoms with Gasteiger partial charge in [-0.1, -0.05) is 0 Å². The van der Waals surface area contributed by atoms with Gasteiger partial charge in [0.05, 0.1) is 5.60 Å². The molecule has 0 aliphatic carbocycles. The zero-order valence-electron chi connectivity index (χ0n) is 4.92. The molecule has 1 unspecified atom stereocenters. The molecule has 0 radical (unpaired) electrons. The number of hydrogen-bond acceptors (Lipinski definition) is 3. The molecule has 3 heteroatoms. The highest BCUT2D eigenvalue weighted by Crippen LogP contribution is 2.02. The monoisotopic (exact) mass is 117 g/mol. The SMILES string of the molecule is CC(O)(CN)CC=O. The summed E-state index contributed by atoms with van der Waals surface area (Å²) in [7, 11) is 0. The van der Waals surface area contributed by atoms with E-state index in [9.17, 15) is 4.79 Å². The molecule has 3 nitrogen and oxygen atoms in total. The molecule has 0 rings (SSSR count). The van der Waals surface area contributed by atoms with Gasteiger partial charge in [-0.3, -0.25) is 0 Å². The fraction of sp³-hybridized carbons (Fsp3) is 0.800. The van der Waals surface area contributed by atoms with E-state index in [1.807, 2.05) is 0 Å². The van der Waals surface area contributed by atoms with Crippen LogP contribution in [0.4, 0.5) is 0 Å². The van der Waals surface area contributed by atoms with Crippen molar-refractivity contribution in [2.75, 3.05) is 6.54 Å². The number of rotatable bonds is 3. The van der Waals surface area contributed by atoms with Gasteiger partial charge in [0.1, 0.15) is 6.29 Å². The first kappa shape index (κ1) is 7.59. The standard InChI is InChI=1S/C5H11NO2/c1-5(8,4-6)2-3-7/h3,8H,2,4,6H2,1H3. The fourth-order valence-corrected chi connectivity index (χ4v) is 0.263. The van der Waals surface area contributed by atoms with Crippen LogP contribution >= 0.6 is 0 Å². The van der Waals surface area contributed by atoms with Gasteiger partial charge in [-0.05, 0) is 6.92 Å². The van der Waals surface area contributed by atoms with Crippen LogP contribution in [0.15, 0.2) is 0 Å². The van der Waals surface area contributed by atoms with Gasteiger partial charge in [0, 0.05) is 13.0 Å². The first-order chi connectivity index (χ1) is 3.62. The van der Waals surface area contributed by atoms with Crippen LogP contribution < -0.4 is 5.73 Å². The molecular weight excluding hydrogens is 106 g/mol. The van der Waals surface area contributed by atoms with Gasteiger partial charge in [0.25, 0.3) is 0 Å². The average Bonchev–Trinajstić information content (AvgIpc) is 1.67. The topological polar surface area (TPSA) is 63.3 Å². The van der Waals surface area contributed by atoms with E-state index in [-0.39, 0.29) is 13.0 Å². The van der Waals surface area contributed by atoms with Crippen molar-refractivity contribution in [2.24, 2.45) is 5.73 Å². The van der Waals surface area contributed by atoms with E-state index < -0.39 is 5.60 Å². The minimum absolute atomic E-state index is 0.115. The van der Waals surface area contributed by atoms with Gasteiger partial charge in [0.15, 0.2) is 0 Å². The molecule has 0 saturated carbocycles. The van der Waals surface area contributed by atoms with E-state index in [2.05, 4.69) is 0 Å². The number of nitrogens with two attached hydrogens (primary N) is 1. The normalized spacial score (nSPS) is 17.4. The molecule has 0 spiro atoms. The molecule has 0 fully saturated rings. The second-order valence-electron chi connectivity index (χ2n) is 2.07. The number of carbonyl (C=O) groups excluding carboxylic acids is 1. The first-order valence-corrected chi connectivity index (χ1v) is 2.48. The Kier molecular flexibility index (Phi) is 2.65. The highest BCUT2D eigenvalue weighted by Gasteiger charge is 2.15. The van der Waals surface area contributed by atoms with E-state index in [1.165, 1.54) is 6.92 Å². The predicted molar refractivity (Wildman–Crippen MR) is 30.4 cm³/mol. The summed E-state index contributed by atoms with van der Waals surface area (Å²) in [6, 6.07) is 0. The maximum Gasteiger partial charge on any atom is 0.122 e. The molecule has 3 N–H and O–H groups in total. The molecule has 0 aromatic heterocycles.